The largest absolute Gasteiger partial charge is 0.0851 e. The van der Waals surface area contributed by atoms with Crippen molar-refractivity contribution in [3.05, 3.63) is 12.2 Å². The molecular formula is C26H46. The Morgan fingerprint density at radius 3 is 1.27 bits per heavy atom. The van der Waals surface area contributed by atoms with Crippen LogP contribution in [0.15, 0.2) is 12.2 Å². The molecule has 3 aliphatic rings. The van der Waals surface area contributed by atoms with Crippen molar-refractivity contribution in [3.8, 4) is 0 Å². The quantitative estimate of drug-likeness (QED) is 0.400. The van der Waals surface area contributed by atoms with Crippen LogP contribution >= 0.6 is 0 Å². The lowest BCUT2D eigenvalue weighted by atomic mass is 9.68. The van der Waals surface area contributed by atoms with Gasteiger partial charge in [-0.2, -0.15) is 0 Å². The summed E-state index contributed by atoms with van der Waals surface area (Å²) >= 11 is 0. The fraction of sp³-hybridized carbons (Fsp3) is 0.923. The van der Waals surface area contributed by atoms with Gasteiger partial charge in [-0.25, -0.2) is 0 Å². The van der Waals surface area contributed by atoms with E-state index in [1.807, 2.05) is 0 Å². The van der Waals surface area contributed by atoms with E-state index in [9.17, 15) is 0 Å². The topological polar surface area (TPSA) is 0 Å². The molecular weight excluding hydrogens is 312 g/mol. The molecule has 3 rings (SSSR count). The molecule has 0 N–H and O–H groups in total. The minimum atomic E-state index is 0.912. The normalized spacial score (nSPS) is 39.3. The molecule has 0 heteroatoms. The van der Waals surface area contributed by atoms with E-state index in [2.05, 4.69) is 26.0 Å². The predicted octanol–water partition coefficient (Wildman–Crippen LogP) is 8.56. The summed E-state index contributed by atoms with van der Waals surface area (Å²) in [6.45, 7) is 4.71. The molecule has 0 bridgehead atoms. The van der Waals surface area contributed by atoms with E-state index in [1.165, 1.54) is 77.0 Å². The lowest BCUT2D eigenvalue weighted by Crippen LogP contribution is -2.25. The second kappa shape index (κ2) is 10.9. The zero-order valence-corrected chi connectivity index (χ0v) is 17.9. The molecule has 0 heterocycles. The Balaban J connectivity index is 1.33. The highest BCUT2D eigenvalue weighted by Gasteiger charge is 2.30. The highest BCUT2D eigenvalue weighted by molar-refractivity contribution is 4.97. The van der Waals surface area contributed by atoms with Gasteiger partial charge in [-0.3, -0.25) is 0 Å². The molecule has 3 aliphatic carbocycles. The Bertz CT molecular complexity index is 384. The van der Waals surface area contributed by atoms with E-state index >= 15 is 0 Å². The van der Waals surface area contributed by atoms with E-state index in [0.717, 1.165) is 35.5 Å². The maximum absolute atomic E-state index is 2.65. The van der Waals surface area contributed by atoms with Crippen molar-refractivity contribution in [2.24, 2.45) is 35.5 Å². The van der Waals surface area contributed by atoms with E-state index in [1.54, 1.807) is 25.7 Å². The van der Waals surface area contributed by atoms with Crippen molar-refractivity contribution in [1.82, 2.24) is 0 Å². The first kappa shape index (κ1) is 20.5. The Morgan fingerprint density at radius 2 is 0.846 bits per heavy atom. The van der Waals surface area contributed by atoms with Gasteiger partial charge in [0.25, 0.3) is 0 Å². The first-order chi connectivity index (χ1) is 12.8. The summed E-state index contributed by atoms with van der Waals surface area (Å²) in [6.07, 6.45) is 29.2. The second-order valence-corrected chi connectivity index (χ2v) is 10.2. The molecule has 26 heavy (non-hydrogen) atoms. The second-order valence-electron chi connectivity index (χ2n) is 10.2. The molecule has 3 fully saturated rings. The minimum Gasteiger partial charge on any atom is -0.0851 e. The van der Waals surface area contributed by atoms with E-state index < -0.39 is 0 Å². The van der Waals surface area contributed by atoms with Crippen molar-refractivity contribution < 1.29 is 0 Å². The lowest BCUT2D eigenvalue weighted by Gasteiger charge is -2.37. The number of rotatable bonds is 7. The Kier molecular flexibility index (Phi) is 8.60. The van der Waals surface area contributed by atoms with Crippen molar-refractivity contribution in [1.29, 1.82) is 0 Å². The van der Waals surface area contributed by atoms with Crippen LogP contribution in [0.1, 0.15) is 117 Å². The van der Waals surface area contributed by atoms with Gasteiger partial charge >= 0.3 is 0 Å². The van der Waals surface area contributed by atoms with E-state index in [-0.39, 0.29) is 0 Å². The summed E-state index contributed by atoms with van der Waals surface area (Å²) in [5.41, 5.74) is 0. The standard InChI is InChI=1S/C26H46/c1-3-5-21-7-9-23(10-8-21)11-12-24-15-19-26(20-16-24)25-17-13-22(6-4-2)14-18-25/h11-12,21-26H,3-10,13-20H2,1-2H3/b12-11+. The van der Waals surface area contributed by atoms with Gasteiger partial charge in [0.05, 0.1) is 0 Å². The van der Waals surface area contributed by atoms with Crippen LogP contribution in [0.2, 0.25) is 0 Å². The smallest absolute Gasteiger partial charge is 0.0233 e. The van der Waals surface area contributed by atoms with Crippen molar-refractivity contribution in [3.63, 3.8) is 0 Å². The zero-order chi connectivity index (χ0) is 18.2. The van der Waals surface area contributed by atoms with Gasteiger partial charge in [-0.05, 0) is 99.7 Å². The fourth-order valence-electron chi connectivity index (χ4n) is 6.56. The molecule has 0 unspecified atom stereocenters. The van der Waals surface area contributed by atoms with Gasteiger partial charge in [0.2, 0.25) is 0 Å². The average molecular weight is 359 g/mol. The summed E-state index contributed by atoms with van der Waals surface area (Å²) in [5, 5.41) is 0. The maximum Gasteiger partial charge on any atom is -0.0233 e. The van der Waals surface area contributed by atoms with E-state index in [4.69, 9.17) is 0 Å². The Hall–Kier alpha value is -0.260. The molecule has 150 valence electrons. The molecule has 0 aliphatic heterocycles. The number of hydrogen-bond donors (Lipinski definition) is 0. The monoisotopic (exact) mass is 358 g/mol. The summed E-state index contributed by atoms with van der Waals surface area (Å²) < 4.78 is 0. The van der Waals surface area contributed by atoms with Gasteiger partial charge in [0.1, 0.15) is 0 Å². The summed E-state index contributed by atoms with van der Waals surface area (Å²) in [5.74, 6) is 6.11. The molecule has 0 aromatic heterocycles. The van der Waals surface area contributed by atoms with Crippen LogP contribution in [0.25, 0.3) is 0 Å². The summed E-state index contributed by atoms with van der Waals surface area (Å²) in [6, 6.07) is 0. The van der Waals surface area contributed by atoms with Gasteiger partial charge in [0, 0.05) is 0 Å². The van der Waals surface area contributed by atoms with Crippen LogP contribution in [0.4, 0.5) is 0 Å². The first-order valence-corrected chi connectivity index (χ1v) is 12.5. The SMILES string of the molecule is CCCC1CCC(/C=C/C2CCC(C3CCC(CCC)CC3)CC2)CC1. The van der Waals surface area contributed by atoms with Crippen LogP contribution < -0.4 is 0 Å². The van der Waals surface area contributed by atoms with Crippen molar-refractivity contribution in [2.45, 2.75) is 117 Å². The molecule has 0 atom stereocenters. The number of hydrogen-bond acceptors (Lipinski definition) is 0. The van der Waals surface area contributed by atoms with Crippen LogP contribution in [0.5, 0.6) is 0 Å². The van der Waals surface area contributed by atoms with E-state index in [0.29, 0.717) is 0 Å². The van der Waals surface area contributed by atoms with Crippen LogP contribution in [-0.2, 0) is 0 Å². The number of allylic oxidation sites excluding steroid dienone is 2. The van der Waals surface area contributed by atoms with Crippen molar-refractivity contribution >= 4 is 0 Å². The highest BCUT2D eigenvalue weighted by Crippen LogP contribution is 2.42. The van der Waals surface area contributed by atoms with Gasteiger partial charge in [-0.15, -0.1) is 0 Å². The summed E-state index contributed by atoms with van der Waals surface area (Å²) in [4.78, 5) is 0. The molecule has 0 aromatic carbocycles. The fourth-order valence-corrected chi connectivity index (χ4v) is 6.56. The Labute approximate surface area is 164 Å². The third kappa shape index (κ3) is 6.13. The summed E-state index contributed by atoms with van der Waals surface area (Å²) in [7, 11) is 0. The van der Waals surface area contributed by atoms with Crippen LogP contribution in [0, 0.1) is 35.5 Å². The maximum atomic E-state index is 2.65. The predicted molar refractivity (Wildman–Crippen MR) is 115 cm³/mol. The molecule has 0 aromatic rings. The molecule has 0 saturated heterocycles. The third-order valence-corrected chi connectivity index (χ3v) is 8.32. The zero-order valence-electron chi connectivity index (χ0n) is 17.9. The highest BCUT2D eigenvalue weighted by atomic mass is 14.4. The van der Waals surface area contributed by atoms with Gasteiger partial charge < -0.3 is 0 Å². The molecule has 0 spiro atoms. The van der Waals surface area contributed by atoms with Crippen LogP contribution in [-0.4, -0.2) is 0 Å². The lowest BCUT2D eigenvalue weighted by molar-refractivity contribution is 0.152. The van der Waals surface area contributed by atoms with Crippen molar-refractivity contribution in [2.75, 3.05) is 0 Å². The van der Waals surface area contributed by atoms with Gasteiger partial charge in [-0.1, -0.05) is 64.5 Å². The average Bonchev–Trinajstić information content (AvgIpc) is 2.69. The van der Waals surface area contributed by atoms with Gasteiger partial charge in [0.15, 0.2) is 0 Å². The Morgan fingerprint density at radius 1 is 0.500 bits per heavy atom. The third-order valence-electron chi connectivity index (χ3n) is 8.32. The van der Waals surface area contributed by atoms with Crippen LogP contribution in [0.3, 0.4) is 0 Å². The molecule has 0 radical (unpaired) electrons. The minimum absolute atomic E-state index is 0.912. The first-order valence-electron chi connectivity index (χ1n) is 12.5. The molecule has 0 amide bonds. The molecule has 0 nitrogen and oxygen atoms in total. The molecule has 3 saturated carbocycles.